The fraction of sp³-hybridized carbons (Fsp3) is 0.382. The van der Waals surface area contributed by atoms with E-state index in [1.54, 1.807) is 0 Å². The topological polar surface area (TPSA) is 48.0 Å². The lowest BCUT2D eigenvalue weighted by atomic mass is 9.77. The summed E-state index contributed by atoms with van der Waals surface area (Å²) in [4.78, 5) is 15.5. The molecule has 2 unspecified atom stereocenters. The largest absolute Gasteiger partial charge is 0.494 e. The minimum absolute atomic E-state index is 0.0601. The van der Waals surface area contributed by atoms with E-state index in [1.807, 2.05) is 4.90 Å². The predicted octanol–water partition coefficient (Wildman–Crippen LogP) is 6.56. The molecule has 204 valence electrons. The van der Waals surface area contributed by atoms with Crippen molar-refractivity contribution in [3.63, 3.8) is 0 Å². The molecule has 1 aliphatic carbocycles. The first-order valence-electron chi connectivity index (χ1n) is 14.5. The predicted molar refractivity (Wildman–Crippen MR) is 158 cm³/mol. The van der Waals surface area contributed by atoms with Gasteiger partial charge in [-0.25, -0.2) is 4.79 Å². The van der Waals surface area contributed by atoms with Crippen LogP contribution in [0.2, 0.25) is 0 Å². The van der Waals surface area contributed by atoms with Crippen molar-refractivity contribution < 1.29 is 18.8 Å². The van der Waals surface area contributed by atoms with E-state index < -0.39 is 0 Å². The maximum absolute atomic E-state index is 13.5. The van der Waals surface area contributed by atoms with E-state index in [0.29, 0.717) is 6.61 Å². The third-order valence-electron chi connectivity index (χ3n) is 9.73. The molecule has 6 heteroatoms. The SMILES string of the molecule is CC1(C)OB(c2cccc(C3=CC4CCC(C3)N4C(=O)OCC3c4ccccc4-c4ccccc43)c2)OC1(C)C. The number of amides is 1. The number of hydrogen-bond donors (Lipinski definition) is 0. The molecule has 2 saturated heterocycles. The normalized spacial score (nSPS) is 24.1. The number of carbonyl (C=O) groups is 1. The van der Waals surface area contributed by atoms with Gasteiger partial charge in [-0.15, -0.1) is 0 Å². The standard InChI is InChI=1S/C34H36BNO4/c1-33(2)34(3,4)40-35(39-33)24-11-9-10-22(18-24)23-19-25-16-17-26(20-23)36(25)32(37)38-21-31-29-14-7-5-12-27(29)28-13-6-8-15-30(28)31/h5-15,18-19,25-26,31H,16-17,20-21H2,1-4H3. The number of carbonyl (C=O) groups excluding carboxylic acids is 1. The van der Waals surface area contributed by atoms with Gasteiger partial charge in [-0.05, 0) is 85.8 Å². The Morgan fingerprint density at radius 2 is 1.55 bits per heavy atom. The Hall–Kier alpha value is -3.35. The lowest BCUT2D eigenvalue weighted by Crippen LogP contribution is -2.43. The van der Waals surface area contributed by atoms with Crippen LogP contribution in [0.5, 0.6) is 0 Å². The van der Waals surface area contributed by atoms with Gasteiger partial charge < -0.3 is 14.0 Å². The van der Waals surface area contributed by atoms with Crippen LogP contribution in [-0.4, -0.2) is 48.0 Å². The average molecular weight is 533 g/mol. The van der Waals surface area contributed by atoms with Crippen molar-refractivity contribution in [2.24, 2.45) is 0 Å². The van der Waals surface area contributed by atoms with Crippen molar-refractivity contribution in [1.82, 2.24) is 4.90 Å². The van der Waals surface area contributed by atoms with Crippen molar-refractivity contribution in [1.29, 1.82) is 0 Å². The highest BCUT2D eigenvalue weighted by atomic mass is 16.7. The molecule has 0 spiro atoms. The van der Waals surface area contributed by atoms with Crippen LogP contribution >= 0.6 is 0 Å². The van der Waals surface area contributed by atoms with Gasteiger partial charge in [-0.3, -0.25) is 4.90 Å². The quantitative estimate of drug-likeness (QED) is 0.357. The second-order valence-corrected chi connectivity index (χ2v) is 12.6. The number of benzene rings is 3. The molecule has 1 amide bonds. The van der Waals surface area contributed by atoms with Crippen LogP contribution in [-0.2, 0) is 14.0 Å². The fourth-order valence-corrected chi connectivity index (χ4v) is 6.86. The lowest BCUT2D eigenvalue weighted by molar-refractivity contribution is 0.00578. The van der Waals surface area contributed by atoms with Crippen LogP contribution in [0.4, 0.5) is 4.79 Å². The van der Waals surface area contributed by atoms with Gasteiger partial charge in [0.05, 0.1) is 17.2 Å². The molecule has 0 radical (unpaired) electrons. The molecule has 7 rings (SSSR count). The van der Waals surface area contributed by atoms with E-state index in [0.717, 1.165) is 24.7 Å². The van der Waals surface area contributed by atoms with Crippen LogP contribution in [0.3, 0.4) is 0 Å². The molecular weight excluding hydrogens is 497 g/mol. The maximum atomic E-state index is 13.5. The van der Waals surface area contributed by atoms with Gasteiger partial charge in [0, 0.05) is 12.0 Å². The van der Waals surface area contributed by atoms with Gasteiger partial charge in [-0.2, -0.15) is 0 Å². The molecule has 0 aromatic heterocycles. The first kappa shape index (κ1) is 25.6. The minimum Gasteiger partial charge on any atom is -0.448 e. The Morgan fingerprint density at radius 3 is 2.20 bits per heavy atom. The molecule has 0 N–H and O–H groups in total. The molecule has 4 aliphatic rings. The Kier molecular flexibility index (Phi) is 5.99. The second-order valence-electron chi connectivity index (χ2n) is 12.6. The number of rotatable bonds is 4. The number of fused-ring (bicyclic) bond motifs is 5. The van der Waals surface area contributed by atoms with E-state index in [2.05, 4.69) is 107 Å². The summed E-state index contributed by atoms with van der Waals surface area (Å²) < 4.78 is 18.6. The Labute approximate surface area is 237 Å². The zero-order chi connectivity index (χ0) is 27.6. The van der Waals surface area contributed by atoms with Crippen LogP contribution in [0.25, 0.3) is 16.7 Å². The third-order valence-corrected chi connectivity index (χ3v) is 9.73. The summed E-state index contributed by atoms with van der Waals surface area (Å²) in [6.07, 6.45) is 4.86. The summed E-state index contributed by atoms with van der Waals surface area (Å²) in [6, 6.07) is 25.6. The van der Waals surface area contributed by atoms with Crippen molar-refractivity contribution >= 4 is 24.2 Å². The van der Waals surface area contributed by atoms with E-state index in [9.17, 15) is 4.79 Å². The number of ether oxygens (including phenoxy) is 1. The molecule has 5 nitrogen and oxygen atoms in total. The smallest absolute Gasteiger partial charge is 0.448 e. The molecule has 2 fully saturated rings. The molecule has 3 aromatic rings. The monoisotopic (exact) mass is 533 g/mol. The van der Waals surface area contributed by atoms with Gasteiger partial charge in [0.2, 0.25) is 0 Å². The summed E-state index contributed by atoms with van der Waals surface area (Å²) in [5.74, 6) is 0.0719. The molecule has 2 atom stereocenters. The van der Waals surface area contributed by atoms with Crippen molar-refractivity contribution in [3.8, 4) is 11.1 Å². The average Bonchev–Trinajstić information content (AvgIpc) is 3.50. The highest BCUT2D eigenvalue weighted by Crippen LogP contribution is 2.45. The van der Waals surface area contributed by atoms with Crippen molar-refractivity contribution in [2.45, 2.75) is 76.2 Å². The van der Waals surface area contributed by atoms with Crippen molar-refractivity contribution in [3.05, 3.63) is 95.6 Å². The van der Waals surface area contributed by atoms with Crippen molar-refractivity contribution in [2.75, 3.05) is 6.61 Å². The third kappa shape index (κ3) is 4.12. The lowest BCUT2D eigenvalue weighted by Gasteiger charge is -2.33. The summed E-state index contributed by atoms with van der Waals surface area (Å²) in [5.41, 5.74) is 7.71. The second kappa shape index (κ2) is 9.36. The summed E-state index contributed by atoms with van der Waals surface area (Å²) in [7, 11) is -0.386. The zero-order valence-electron chi connectivity index (χ0n) is 23.7. The maximum Gasteiger partial charge on any atom is 0.494 e. The molecule has 40 heavy (non-hydrogen) atoms. The van der Waals surface area contributed by atoms with Crippen LogP contribution in [0.1, 0.15) is 69.6 Å². The van der Waals surface area contributed by atoms with Gasteiger partial charge in [0.1, 0.15) is 6.61 Å². The molecule has 3 aromatic carbocycles. The zero-order valence-corrected chi connectivity index (χ0v) is 23.7. The molecular formula is C34H36BNO4. The van der Waals surface area contributed by atoms with Gasteiger partial charge in [-0.1, -0.05) is 78.9 Å². The molecule has 2 bridgehead atoms. The summed E-state index contributed by atoms with van der Waals surface area (Å²) in [5, 5.41) is 0. The van der Waals surface area contributed by atoms with Gasteiger partial charge in [0.15, 0.2) is 0 Å². The van der Waals surface area contributed by atoms with E-state index >= 15 is 0 Å². The first-order valence-corrected chi connectivity index (χ1v) is 14.5. The fourth-order valence-electron chi connectivity index (χ4n) is 6.86. The molecule has 3 heterocycles. The van der Waals surface area contributed by atoms with Crippen LogP contribution in [0.15, 0.2) is 78.9 Å². The Morgan fingerprint density at radius 1 is 0.900 bits per heavy atom. The minimum atomic E-state index is -0.386. The van der Waals surface area contributed by atoms with E-state index in [1.165, 1.54) is 33.4 Å². The van der Waals surface area contributed by atoms with Crippen LogP contribution in [0, 0.1) is 0 Å². The van der Waals surface area contributed by atoms with E-state index in [4.69, 9.17) is 14.0 Å². The van der Waals surface area contributed by atoms with Crippen LogP contribution < -0.4 is 5.46 Å². The number of nitrogens with zero attached hydrogens (tertiary/aromatic N) is 1. The van der Waals surface area contributed by atoms with E-state index in [-0.39, 0.29) is 42.4 Å². The summed E-state index contributed by atoms with van der Waals surface area (Å²) in [6.45, 7) is 8.67. The summed E-state index contributed by atoms with van der Waals surface area (Å²) >= 11 is 0. The number of hydrogen-bond acceptors (Lipinski definition) is 4. The highest BCUT2D eigenvalue weighted by Gasteiger charge is 2.51. The van der Waals surface area contributed by atoms with Gasteiger partial charge in [0.25, 0.3) is 0 Å². The Bertz CT molecular complexity index is 1450. The molecule has 0 saturated carbocycles. The highest BCUT2D eigenvalue weighted by molar-refractivity contribution is 6.62. The van der Waals surface area contributed by atoms with Gasteiger partial charge >= 0.3 is 13.2 Å². The Balaban J connectivity index is 1.07. The molecule has 3 aliphatic heterocycles. The first-order chi connectivity index (χ1) is 19.2.